The molecule has 1 heterocycles. The molecule has 0 bridgehead atoms. The van der Waals surface area contributed by atoms with E-state index < -0.39 is 10.0 Å². The smallest absolute Gasteiger partial charge is 0.262 e. The fourth-order valence-corrected chi connectivity index (χ4v) is 3.33. The van der Waals surface area contributed by atoms with Gasteiger partial charge >= 0.3 is 0 Å². The molecule has 1 rings (SSSR count). The second-order valence-electron chi connectivity index (χ2n) is 5.29. The van der Waals surface area contributed by atoms with Crippen LogP contribution in [0.2, 0.25) is 0 Å². The molecular formula is C14H25N3O2S. The Bertz CT molecular complexity index is 529. The molecule has 0 aliphatic heterocycles. The zero-order valence-corrected chi connectivity index (χ0v) is 13.7. The summed E-state index contributed by atoms with van der Waals surface area (Å²) < 4.78 is 26.8. The maximum atomic E-state index is 12.7. The average Bonchev–Trinajstić information content (AvgIpc) is 2.43. The molecule has 5 nitrogen and oxygen atoms in total. The standard InChI is InChI=1S/C14H25N3O2S/c1-6-9-15-13-8-7-10-16-14(13)20(18,19)17(5)12(4)11(2)3/h7-8,10-12,15H,6,9H2,1-5H3. The van der Waals surface area contributed by atoms with Crippen molar-refractivity contribution in [1.82, 2.24) is 9.29 Å². The van der Waals surface area contributed by atoms with Crippen LogP contribution in [0.3, 0.4) is 0 Å². The third kappa shape index (κ3) is 3.70. The molecule has 6 heteroatoms. The van der Waals surface area contributed by atoms with Gasteiger partial charge in [0, 0.05) is 25.8 Å². The van der Waals surface area contributed by atoms with E-state index in [-0.39, 0.29) is 17.0 Å². The van der Waals surface area contributed by atoms with Gasteiger partial charge in [0.05, 0.1) is 5.69 Å². The van der Waals surface area contributed by atoms with Gasteiger partial charge in [-0.25, -0.2) is 13.4 Å². The van der Waals surface area contributed by atoms with Crippen molar-refractivity contribution >= 4 is 15.7 Å². The highest BCUT2D eigenvalue weighted by Gasteiger charge is 2.30. The van der Waals surface area contributed by atoms with Crippen molar-refractivity contribution in [3.8, 4) is 0 Å². The summed E-state index contributed by atoms with van der Waals surface area (Å²) in [5.74, 6) is 0.241. The molecule has 114 valence electrons. The van der Waals surface area contributed by atoms with Crippen LogP contribution in [0, 0.1) is 5.92 Å². The third-order valence-corrected chi connectivity index (χ3v) is 5.40. The van der Waals surface area contributed by atoms with Gasteiger partial charge in [-0.3, -0.25) is 0 Å². The fourth-order valence-electron chi connectivity index (χ4n) is 1.77. The SMILES string of the molecule is CCCNc1cccnc1S(=O)(=O)N(C)C(C)C(C)C. The zero-order chi connectivity index (χ0) is 15.3. The van der Waals surface area contributed by atoms with Crippen molar-refractivity contribution in [2.24, 2.45) is 5.92 Å². The number of nitrogens with one attached hydrogen (secondary N) is 1. The predicted molar refractivity (Wildman–Crippen MR) is 82.3 cm³/mol. The van der Waals surface area contributed by atoms with Gasteiger partial charge in [-0.05, 0) is 31.4 Å². The zero-order valence-electron chi connectivity index (χ0n) is 12.9. The topological polar surface area (TPSA) is 62.3 Å². The maximum absolute atomic E-state index is 12.7. The summed E-state index contributed by atoms with van der Waals surface area (Å²) in [4.78, 5) is 4.07. The molecule has 0 spiro atoms. The summed E-state index contributed by atoms with van der Waals surface area (Å²) in [6.07, 6.45) is 2.44. The number of anilines is 1. The van der Waals surface area contributed by atoms with E-state index in [9.17, 15) is 8.42 Å². The predicted octanol–water partition coefficient (Wildman–Crippen LogP) is 2.57. The first-order valence-corrected chi connectivity index (χ1v) is 8.43. The van der Waals surface area contributed by atoms with Crippen molar-refractivity contribution < 1.29 is 8.42 Å². The van der Waals surface area contributed by atoms with Crippen LogP contribution in [0.15, 0.2) is 23.4 Å². The minimum absolute atomic E-state index is 0.0824. The number of hydrogen-bond acceptors (Lipinski definition) is 4. The van der Waals surface area contributed by atoms with Crippen LogP contribution in [0.5, 0.6) is 0 Å². The highest BCUT2D eigenvalue weighted by molar-refractivity contribution is 7.89. The van der Waals surface area contributed by atoms with Gasteiger partial charge in [-0.1, -0.05) is 20.8 Å². The van der Waals surface area contributed by atoms with Gasteiger partial charge in [0.25, 0.3) is 10.0 Å². The number of aromatic nitrogens is 1. The molecule has 0 saturated carbocycles. The fraction of sp³-hybridized carbons (Fsp3) is 0.643. The van der Waals surface area contributed by atoms with Gasteiger partial charge in [0.15, 0.2) is 5.03 Å². The molecule has 0 fully saturated rings. The molecule has 0 aromatic carbocycles. The molecule has 0 aliphatic carbocycles. The lowest BCUT2D eigenvalue weighted by atomic mass is 10.1. The van der Waals surface area contributed by atoms with Gasteiger partial charge in [-0.15, -0.1) is 0 Å². The summed E-state index contributed by atoms with van der Waals surface area (Å²) in [6, 6.07) is 3.41. The van der Waals surface area contributed by atoms with Gasteiger partial charge < -0.3 is 5.32 Å². The molecule has 0 radical (unpaired) electrons. The molecular weight excluding hydrogens is 274 g/mol. The summed E-state index contributed by atoms with van der Waals surface area (Å²) in [6.45, 7) is 8.67. The molecule has 1 atom stereocenters. The number of rotatable bonds is 7. The number of sulfonamides is 1. The maximum Gasteiger partial charge on any atom is 0.262 e. The van der Waals surface area contributed by atoms with Crippen LogP contribution in [0.4, 0.5) is 5.69 Å². The van der Waals surface area contributed by atoms with E-state index in [0.717, 1.165) is 13.0 Å². The monoisotopic (exact) mass is 299 g/mol. The summed E-state index contributed by atoms with van der Waals surface area (Å²) >= 11 is 0. The first-order valence-electron chi connectivity index (χ1n) is 6.99. The Hall–Kier alpha value is -1.14. The Balaban J connectivity index is 3.15. The number of nitrogens with zero attached hydrogens (tertiary/aromatic N) is 2. The number of hydrogen-bond donors (Lipinski definition) is 1. The molecule has 1 N–H and O–H groups in total. The van der Waals surface area contributed by atoms with Gasteiger partial charge in [-0.2, -0.15) is 4.31 Å². The highest BCUT2D eigenvalue weighted by atomic mass is 32.2. The molecule has 0 saturated heterocycles. The summed E-state index contributed by atoms with van der Waals surface area (Å²) in [5.41, 5.74) is 0.567. The van der Waals surface area contributed by atoms with Crippen molar-refractivity contribution in [3.63, 3.8) is 0 Å². The summed E-state index contributed by atoms with van der Waals surface area (Å²) in [7, 11) is -1.98. The van der Waals surface area contributed by atoms with Crippen LogP contribution in [-0.4, -0.2) is 37.3 Å². The average molecular weight is 299 g/mol. The molecule has 20 heavy (non-hydrogen) atoms. The molecule has 1 unspecified atom stereocenters. The van der Waals surface area contributed by atoms with Crippen molar-refractivity contribution in [2.75, 3.05) is 18.9 Å². The van der Waals surface area contributed by atoms with E-state index in [0.29, 0.717) is 5.69 Å². The van der Waals surface area contributed by atoms with E-state index in [1.165, 1.54) is 10.5 Å². The van der Waals surface area contributed by atoms with E-state index in [1.54, 1.807) is 19.2 Å². The van der Waals surface area contributed by atoms with Gasteiger partial charge in [0.1, 0.15) is 0 Å². The second-order valence-corrected chi connectivity index (χ2v) is 7.20. The molecule has 1 aromatic heterocycles. The van der Waals surface area contributed by atoms with E-state index >= 15 is 0 Å². The van der Waals surface area contributed by atoms with Crippen LogP contribution in [0.25, 0.3) is 0 Å². The van der Waals surface area contributed by atoms with E-state index in [2.05, 4.69) is 10.3 Å². The third-order valence-electron chi connectivity index (χ3n) is 3.50. The Labute approximate surface area is 122 Å². The van der Waals surface area contributed by atoms with Crippen LogP contribution in [-0.2, 0) is 10.0 Å². The van der Waals surface area contributed by atoms with Crippen molar-refractivity contribution in [3.05, 3.63) is 18.3 Å². The molecule has 1 aromatic rings. The Morgan fingerprint density at radius 3 is 2.55 bits per heavy atom. The highest BCUT2D eigenvalue weighted by Crippen LogP contribution is 2.24. The first-order chi connectivity index (χ1) is 9.32. The van der Waals surface area contributed by atoms with Crippen molar-refractivity contribution in [1.29, 1.82) is 0 Å². The molecule has 0 aliphatic rings. The quantitative estimate of drug-likeness (QED) is 0.840. The minimum atomic E-state index is -3.58. The van der Waals surface area contributed by atoms with E-state index in [4.69, 9.17) is 0 Å². The lowest BCUT2D eigenvalue weighted by Gasteiger charge is -2.27. The lowest BCUT2D eigenvalue weighted by molar-refractivity contribution is 0.315. The first kappa shape index (κ1) is 16.9. The summed E-state index contributed by atoms with van der Waals surface area (Å²) in [5, 5.41) is 3.22. The lowest BCUT2D eigenvalue weighted by Crippen LogP contribution is -2.38. The van der Waals surface area contributed by atoms with E-state index in [1.807, 2.05) is 27.7 Å². The minimum Gasteiger partial charge on any atom is -0.383 e. The van der Waals surface area contributed by atoms with Crippen molar-refractivity contribution in [2.45, 2.75) is 45.2 Å². The van der Waals surface area contributed by atoms with Crippen LogP contribution < -0.4 is 5.32 Å². The molecule has 0 amide bonds. The second kappa shape index (κ2) is 7.04. The Morgan fingerprint density at radius 2 is 2.00 bits per heavy atom. The Kier molecular flexibility index (Phi) is 5.95. The van der Waals surface area contributed by atoms with Crippen LogP contribution in [0.1, 0.15) is 34.1 Å². The van der Waals surface area contributed by atoms with Crippen LogP contribution >= 0.6 is 0 Å². The number of pyridine rings is 1. The van der Waals surface area contributed by atoms with Gasteiger partial charge in [0.2, 0.25) is 0 Å². The largest absolute Gasteiger partial charge is 0.383 e. The Morgan fingerprint density at radius 1 is 1.35 bits per heavy atom. The normalized spacial score (nSPS) is 13.8.